The minimum absolute atomic E-state index is 0.0692. The highest BCUT2D eigenvalue weighted by molar-refractivity contribution is 5.74. The highest BCUT2D eigenvalue weighted by atomic mass is 16.5. The lowest BCUT2D eigenvalue weighted by Crippen LogP contribution is -2.50. The van der Waals surface area contributed by atoms with Crippen LogP contribution in [-0.4, -0.2) is 67.6 Å². The summed E-state index contributed by atoms with van der Waals surface area (Å²) >= 11 is 0. The molecule has 2 saturated heterocycles. The molecule has 2 aliphatic heterocycles. The molecule has 2 atom stereocenters. The van der Waals surface area contributed by atoms with E-state index in [9.17, 15) is 9.59 Å². The van der Waals surface area contributed by atoms with Gasteiger partial charge in [0.15, 0.2) is 0 Å². The third-order valence-electron chi connectivity index (χ3n) is 3.39. The van der Waals surface area contributed by atoms with Gasteiger partial charge in [-0.25, -0.2) is 4.79 Å². The molecule has 0 bridgehead atoms. The van der Waals surface area contributed by atoms with Crippen molar-refractivity contribution in [3.8, 4) is 0 Å². The number of nitrogens with one attached hydrogen (secondary N) is 1. The second-order valence-corrected chi connectivity index (χ2v) is 4.95. The Hall–Kier alpha value is -1.34. The van der Waals surface area contributed by atoms with Crippen LogP contribution >= 0.6 is 0 Å². The summed E-state index contributed by atoms with van der Waals surface area (Å²) in [5, 5.41) is 11.6. The van der Waals surface area contributed by atoms with Crippen LogP contribution in [0, 0.1) is 5.92 Å². The number of urea groups is 1. The summed E-state index contributed by atoms with van der Waals surface area (Å²) in [6.07, 6.45) is 0.498. The second kappa shape index (κ2) is 6.72. The summed E-state index contributed by atoms with van der Waals surface area (Å²) in [5.74, 6) is -0.518. The lowest BCUT2D eigenvalue weighted by atomic mass is 10.1. The Kier molecular flexibility index (Phi) is 4.98. The molecule has 108 valence electrons. The number of morpholine rings is 1. The Morgan fingerprint density at radius 3 is 2.89 bits per heavy atom. The van der Waals surface area contributed by atoms with Crippen LogP contribution in [0.3, 0.4) is 0 Å². The van der Waals surface area contributed by atoms with Crippen molar-refractivity contribution in [2.45, 2.75) is 18.9 Å². The first kappa shape index (κ1) is 14.1. The highest BCUT2D eigenvalue weighted by Gasteiger charge is 2.26. The molecule has 2 fully saturated rings. The Morgan fingerprint density at radius 1 is 1.37 bits per heavy atom. The monoisotopic (exact) mass is 272 g/mol. The quantitative estimate of drug-likeness (QED) is 0.746. The van der Waals surface area contributed by atoms with Gasteiger partial charge >= 0.3 is 12.0 Å². The predicted molar refractivity (Wildman–Crippen MR) is 65.9 cm³/mol. The Bertz CT molecular complexity index is 330. The minimum Gasteiger partial charge on any atom is -0.481 e. The van der Waals surface area contributed by atoms with E-state index < -0.39 is 12.1 Å². The molecule has 2 unspecified atom stereocenters. The molecule has 2 rings (SSSR count). The van der Waals surface area contributed by atoms with Crippen LogP contribution in [0.2, 0.25) is 0 Å². The average molecular weight is 272 g/mol. The summed E-state index contributed by atoms with van der Waals surface area (Å²) in [7, 11) is 0. The zero-order valence-corrected chi connectivity index (χ0v) is 10.8. The number of amides is 2. The lowest BCUT2D eigenvalue weighted by Gasteiger charge is -2.32. The Morgan fingerprint density at radius 2 is 2.21 bits per heavy atom. The number of aliphatic carboxylic acids is 1. The zero-order valence-electron chi connectivity index (χ0n) is 10.8. The van der Waals surface area contributed by atoms with E-state index in [1.165, 1.54) is 0 Å². The van der Waals surface area contributed by atoms with E-state index in [0.29, 0.717) is 38.8 Å². The number of carboxylic acids is 1. The molecule has 7 heteroatoms. The molecular formula is C12H20N2O5. The largest absolute Gasteiger partial charge is 0.481 e. The zero-order chi connectivity index (χ0) is 13.7. The van der Waals surface area contributed by atoms with Gasteiger partial charge in [0.1, 0.15) is 0 Å². The standard InChI is InChI=1S/C12H20N2O5/c15-11(16)5-10-7-14(2-4-19-10)12(17)13-6-9-1-3-18-8-9/h9-10H,1-8H2,(H,13,17)(H,15,16). The van der Waals surface area contributed by atoms with Gasteiger partial charge in [-0.3, -0.25) is 4.79 Å². The fraction of sp³-hybridized carbons (Fsp3) is 0.833. The summed E-state index contributed by atoms with van der Waals surface area (Å²) in [6.45, 7) is 3.30. The summed E-state index contributed by atoms with van der Waals surface area (Å²) in [5.41, 5.74) is 0. The number of carbonyl (C=O) groups excluding carboxylic acids is 1. The molecule has 0 aromatic heterocycles. The Labute approximate surface area is 111 Å². The SMILES string of the molecule is O=C(O)CC1CN(C(=O)NCC2CCOC2)CCO1. The molecule has 0 aromatic carbocycles. The molecule has 19 heavy (non-hydrogen) atoms. The van der Waals surface area contributed by atoms with Crippen molar-refractivity contribution in [3.63, 3.8) is 0 Å². The van der Waals surface area contributed by atoms with Crippen molar-refractivity contribution in [2.75, 3.05) is 39.5 Å². The van der Waals surface area contributed by atoms with E-state index in [4.69, 9.17) is 14.6 Å². The van der Waals surface area contributed by atoms with Gasteiger partial charge in [0.2, 0.25) is 0 Å². The number of carboxylic acid groups (broad SMARTS) is 1. The van der Waals surface area contributed by atoms with E-state index in [0.717, 1.165) is 13.0 Å². The number of ether oxygens (including phenoxy) is 2. The highest BCUT2D eigenvalue weighted by Crippen LogP contribution is 2.12. The second-order valence-electron chi connectivity index (χ2n) is 4.95. The van der Waals surface area contributed by atoms with Crippen molar-refractivity contribution < 1.29 is 24.2 Å². The first-order chi connectivity index (χ1) is 9.15. The topological polar surface area (TPSA) is 88.1 Å². The first-order valence-corrected chi connectivity index (χ1v) is 6.59. The van der Waals surface area contributed by atoms with Gasteiger partial charge < -0.3 is 24.8 Å². The molecule has 0 radical (unpaired) electrons. The van der Waals surface area contributed by atoms with Crippen molar-refractivity contribution in [3.05, 3.63) is 0 Å². The summed E-state index contributed by atoms with van der Waals surface area (Å²) in [6, 6.07) is -0.148. The van der Waals surface area contributed by atoms with Crippen molar-refractivity contribution in [2.24, 2.45) is 5.92 Å². The van der Waals surface area contributed by atoms with Gasteiger partial charge in [-0.15, -0.1) is 0 Å². The van der Waals surface area contributed by atoms with E-state index >= 15 is 0 Å². The molecule has 2 heterocycles. The number of nitrogens with zero attached hydrogens (tertiary/aromatic N) is 1. The van der Waals surface area contributed by atoms with Gasteiger partial charge in [0.05, 0.1) is 25.7 Å². The van der Waals surface area contributed by atoms with Gasteiger partial charge in [0, 0.05) is 32.2 Å². The number of hydrogen-bond acceptors (Lipinski definition) is 4. The first-order valence-electron chi connectivity index (χ1n) is 6.59. The van der Waals surface area contributed by atoms with Crippen LogP contribution in [0.1, 0.15) is 12.8 Å². The maximum absolute atomic E-state index is 12.0. The Balaban J connectivity index is 1.73. The molecule has 0 spiro atoms. The maximum Gasteiger partial charge on any atom is 0.317 e. The summed E-state index contributed by atoms with van der Waals surface area (Å²) < 4.78 is 10.6. The average Bonchev–Trinajstić information content (AvgIpc) is 2.88. The maximum atomic E-state index is 12.0. The molecule has 2 aliphatic rings. The fourth-order valence-electron chi connectivity index (χ4n) is 2.31. The van der Waals surface area contributed by atoms with E-state index in [2.05, 4.69) is 5.32 Å². The van der Waals surface area contributed by atoms with Crippen LogP contribution in [0.15, 0.2) is 0 Å². The number of carbonyl (C=O) groups is 2. The van der Waals surface area contributed by atoms with Crippen LogP contribution in [0.4, 0.5) is 4.79 Å². The van der Waals surface area contributed by atoms with E-state index in [1.54, 1.807) is 4.90 Å². The third-order valence-corrected chi connectivity index (χ3v) is 3.39. The molecule has 2 amide bonds. The molecule has 2 N–H and O–H groups in total. The van der Waals surface area contributed by atoms with Crippen LogP contribution in [0.25, 0.3) is 0 Å². The smallest absolute Gasteiger partial charge is 0.317 e. The van der Waals surface area contributed by atoms with Gasteiger partial charge in [-0.2, -0.15) is 0 Å². The van der Waals surface area contributed by atoms with Crippen LogP contribution in [0.5, 0.6) is 0 Å². The van der Waals surface area contributed by atoms with Gasteiger partial charge in [-0.05, 0) is 6.42 Å². The van der Waals surface area contributed by atoms with Crippen LogP contribution in [-0.2, 0) is 14.3 Å². The normalized spacial score (nSPS) is 27.3. The fourth-order valence-corrected chi connectivity index (χ4v) is 2.31. The van der Waals surface area contributed by atoms with Crippen molar-refractivity contribution in [1.82, 2.24) is 10.2 Å². The lowest BCUT2D eigenvalue weighted by molar-refractivity contribution is -0.141. The van der Waals surface area contributed by atoms with Crippen molar-refractivity contribution in [1.29, 1.82) is 0 Å². The molecule has 0 aromatic rings. The van der Waals surface area contributed by atoms with Gasteiger partial charge in [-0.1, -0.05) is 0 Å². The molecule has 0 saturated carbocycles. The summed E-state index contributed by atoms with van der Waals surface area (Å²) in [4.78, 5) is 24.2. The minimum atomic E-state index is -0.907. The van der Waals surface area contributed by atoms with Gasteiger partial charge in [0.25, 0.3) is 0 Å². The van der Waals surface area contributed by atoms with Crippen LogP contribution < -0.4 is 5.32 Å². The van der Waals surface area contributed by atoms with E-state index in [1.807, 2.05) is 0 Å². The molecular weight excluding hydrogens is 252 g/mol. The number of rotatable bonds is 4. The molecule has 0 aliphatic carbocycles. The molecule has 7 nitrogen and oxygen atoms in total. The van der Waals surface area contributed by atoms with Crippen molar-refractivity contribution >= 4 is 12.0 Å². The van der Waals surface area contributed by atoms with E-state index in [-0.39, 0.29) is 12.5 Å². The number of hydrogen-bond donors (Lipinski definition) is 2. The third kappa shape index (κ3) is 4.36. The predicted octanol–water partition coefficient (Wildman–Crippen LogP) is -0.0920.